The molecule has 0 bridgehead atoms. The maximum atomic E-state index is 5.57. The van der Waals surface area contributed by atoms with Crippen LogP contribution in [0, 0.1) is 0 Å². The molecule has 0 saturated heterocycles. The van der Waals surface area contributed by atoms with E-state index in [1.807, 2.05) is 24.3 Å². The number of nitrogens with two attached hydrogens (primary N) is 2. The zero-order valence-corrected chi connectivity index (χ0v) is 7.40. The van der Waals surface area contributed by atoms with Crippen LogP contribution in [0.1, 0.15) is 5.56 Å². The van der Waals surface area contributed by atoms with Gasteiger partial charge in [-0.2, -0.15) is 0 Å². The van der Waals surface area contributed by atoms with Crippen LogP contribution >= 0.6 is 12.2 Å². The van der Waals surface area contributed by atoms with Gasteiger partial charge < -0.3 is 16.8 Å². The second-order valence-electron chi connectivity index (χ2n) is 2.46. The molecule has 64 valence electrons. The highest BCUT2D eigenvalue weighted by atomic mass is 32.1. The molecule has 0 saturated carbocycles. The number of nitrogen functional groups attached to an aromatic ring is 1. The summed E-state index contributed by atoms with van der Waals surface area (Å²) in [4.78, 5) is 0. The highest BCUT2D eigenvalue weighted by molar-refractivity contribution is 7.80. The number of thiocarbonyl (C=S) groups is 1. The van der Waals surface area contributed by atoms with E-state index >= 15 is 0 Å². The van der Waals surface area contributed by atoms with E-state index in [1.54, 1.807) is 0 Å². The van der Waals surface area contributed by atoms with Gasteiger partial charge in [-0.1, -0.05) is 12.1 Å². The number of hydrogen-bond donors (Lipinski definition) is 3. The maximum Gasteiger partial charge on any atom is 0.163 e. The first-order chi connectivity index (χ1) is 5.68. The molecular formula is C8H11N3S. The third-order valence-electron chi connectivity index (χ3n) is 1.42. The molecule has 0 aliphatic heterocycles. The summed E-state index contributed by atoms with van der Waals surface area (Å²) in [6, 6.07) is 7.57. The molecule has 1 aromatic rings. The molecule has 0 aliphatic carbocycles. The van der Waals surface area contributed by atoms with E-state index < -0.39 is 0 Å². The van der Waals surface area contributed by atoms with Crippen molar-refractivity contribution < 1.29 is 0 Å². The molecule has 0 fully saturated rings. The van der Waals surface area contributed by atoms with E-state index in [4.69, 9.17) is 11.5 Å². The Kier molecular flexibility index (Phi) is 2.88. The minimum Gasteiger partial charge on any atom is -0.399 e. The predicted octanol–water partition coefficient (Wildman–Crippen LogP) is 0.602. The summed E-state index contributed by atoms with van der Waals surface area (Å²) < 4.78 is 0. The van der Waals surface area contributed by atoms with Crippen LogP contribution < -0.4 is 16.8 Å². The van der Waals surface area contributed by atoms with Gasteiger partial charge >= 0.3 is 0 Å². The molecule has 3 nitrogen and oxygen atoms in total. The maximum absolute atomic E-state index is 5.57. The highest BCUT2D eigenvalue weighted by Crippen LogP contribution is 2.05. The summed E-state index contributed by atoms with van der Waals surface area (Å²) in [6.45, 7) is 0.625. The number of benzene rings is 1. The Morgan fingerprint density at radius 3 is 2.83 bits per heavy atom. The molecular weight excluding hydrogens is 170 g/mol. The number of nitrogens with one attached hydrogen (secondary N) is 1. The number of rotatable bonds is 2. The van der Waals surface area contributed by atoms with Crippen LogP contribution in [0.25, 0.3) is 0 Å². The van der Waals surface area contributed by atoms with Gasteiger partial charge in [0.05, 0.1) is 0 Å². The zero-order chi connectivity index (χ0) is 8.97. The fourth-order valence-corrected chi connectivity index (χ4v) is 0.964. The van der Waals surface area contributed by atoms with Crippen LogP contribution in [0.5, 0.6) is 0 Å². The molecule has 0 amide bonds. The van der Waals surface area contributed by atoms with Gasteiger partial charge in [0, 0.05) is 12.2 Å². The average Bonchev–Trinajstić information content (AvgIpc) is 2.01. The first-order valence-electron chi connectivity index (χ1n) is 3.56. The Bertz CT molecular complexity index is 285. The van der Waals surface area contributed by atoms with Crippen LogP contribution in [0.4, 0.5) is 5.69 Å². The molecule has 12 heavy (non-hydrogen) atoms. The molecule has 0 aliphatic rings. The summed E-state index contributed by atoms with van der Waals surface area (Å²) in [5.41, 5.74) is 12.7. The molecule has 0 spiro atoms. The van der Waals surface area contributed by atoms with Gasteiger partial charge in [-0.3, -0.25) is 0 Å². The topological polar surface area (TPSA) is 64.1 Å². The van der Waals surface area contributed by atoms with E-state index in [9.17, 15) is 0 Å². The second-order valence-corrected chi connectivity index (χ2v) is 2.90. The molecule has 1 rings (SSSR count). The third kappa shape index (κ3) is 2.75. The summed E-state index contributed by atoms with van der Waals surface area (Å²) in [7, 11) is 0. The lowest BCUT2D eigenvalue weighted by molar-refractivity contribution is 0.921. The summed E-state index contributed by atoms with van der Waals surface area (Å²) in [5, 5.41) is 3.15. The van der Waals surface area contributed by atoms with Gasteiger partial charge in [-0.25, -0.2) is 0 Å². The standard InChI is InChI=1S/C8H11N3S/c9-7-3-1-2-6(4-7)5-11-8(10)12/h1-4H,5,9H2,(H3,10,11,12). The number of hydrogen-bond acceptors (Lipinski definition) is 2. The first-order valence-corrected chi connectivity index (χ1v) is 3.97. The molecule has 5 N–H and O–H groups in total. The molecule has 1 aromatic carbocycles. The fourth-order valence-electron chi connectivity index (χ4n) is 0.892. The Morgan fingerprint density at radius 1 is 1.50 bits per heavy atom. The quantitative estimate of drug-likeness (QED) is 0.462. The molecule has 0 unspecified atom stereocenters. The van der Waals surface area contributed by atoms with Crippen molar-refractivity contribution in [3.05, 3.63) is 29.8 Å². The van der Waals surface area contributed by atoms with Crippen molar-refractivity contribution in [3.8, 4) is 0 Å². The van der Waals surface area contributed by atoms with Crippen molar-refractivity contribution in [3.63, 3.8) is 0 Å². The molecule has 0 atom stereocenters. The molecule has 0 aromatic heterocycles. The van der Waals surface area contributed by atoms with Crippen molar-refractivity contribution in [2.24, 2.45) is 5.73 Å². The monoisotopic (exact) mass is 181 g/mol. The van der Waals surface area contributed by atoms with Crippen molar-refractivity contribution in [1.82, 2.24) is 5.32 Å². The Labute approximate surface area is 76.7 Å². The minimum atomic E-state index is 0.303. The zero-order valence-electron chi connectivity index (χ0n) is 6.58. The highest BCUT2D eigenvalue weighted by Gasteiger charge is 1.92. The smallest absolute Gasteiger partial charge is 0.163 e. The largest absolute Gasteiger partial charge is 0.399 e. The normalized spacial score (nSPS) is 9.33. The van der Waals surface area contributed by atoms with Crippen molar-refractivity contribution >= 4 is 23.0 Å². The van der Waals surface area contributed by atoms with E-state index in [0.29, 0.717) is 11.7 Å². The third-order valence-corrected chi connectivity index (χ3v) is 1.56. The molecule has 0 radical (unpaired) electrons. The second kappa shape index (κ2) is 3.92. The van der Waals surface area contributed by atoms with Gasteiger partial charge in [0.2, 0.25) is 0 Å². The molecule has 4 heteroatoms. The van der Waals surface area contributed by atoms with Gasteiger partial charge in [0.25, 0.3) is 0 Å². The van der Waals surface area contributed by atoms with Crippen LogP contribution in [0.15, 0.2) is 24.3 Å². The van der Waals surface area contributed by atoms with E-state index in [2.05, 4.69) is 17.5 Å². The molecule has 0 heterocycles. The average molecular weight is 181 g/mol. The van der Waals surface area contributed by atoms with Gasteiger partial charge in [0.15, 0.2) is 5.11 Å². The first kappa shape index (κ1) is 8.80. The SMILES string of the molecule is NC(=S)NCc1cccc(N)c1. The van der Waals surface area contributed by atoms with Crippen LogP contribution in [0.3, 0.4) is 0 Å². The minimum absolute atomic E-state index is 0.303. The van der Waals surface area contributed by atoms with Crippen molar-refractivity contribution in [1.29, 1.82) is 0 Å². The lowest BCUT2D eigenvalue weighted by Gasteiger charge is -2.03. The lowest BCUT2D eigenvalue weighted by Crippen LogP contribution is -2.28. The lowest BCUT2D eigenvalue weighted by atomic mass is 10.2. The van der Waals surface area contributed by atoms with Crippen LogP contribution in [0.2, 0.25) is 0 Å². The van der Waals surface area contributed by atoms with Gasteiger partial charge in [-0.05, 0) is 29.9 Å². The summed E-state index contributed by atoms with van der Waals surface area (Å²) in [5.74, 6) is 0. The number of anilines is 1. The van der Waals surface area contributed by atoms with E-state index in [0.717, 1.165) is 11.3 Å². The fraction of sp³-hybridized carbons (Fsp3) is 0.125. The summed E-state index contributed by atoms with van der Waals surface area (Å²) >= 11 is 4.66. The van der Waals surface area contributed by atoms with Crippen LogP contribution in [-0.2, 0) is 6.54 Å². The van der Waals surface area contributed by atoms with Crippen molar-refractivity contribution in [2.45, 2.75) is 6.54 Å². The van der Waals surface area contributed by atoms with Crippen molar-refractivity contribution in [2.75, 3.05) is 5.73 Å². The van der Waals surface area contributed by atoms with E-state index in [1.165, 1.54) is 0 Å². The van der Waals surface area contributed by atoms with E-state index in [-0.39, 0.29) is 0 Å². The van der Waals surface area contributed by atoms with Gasteiger partial charge in [-0.15, -0.1) is 0 Å². The Balaban J connectivity index is 2.57. The summed E-state index contributed by atoms with van der Waals surface area (Å²) in [6.07, 6.45) is 0. The Hall–Kier alpha value is -1.29. The van der Waals surface area contributed by atoms with Gasteiger partial charge in [0.1, 0.15) is 0 Å². The predicted molar refractivity (Wildman–Crippen MR) is 54.5 cm³/mol. The van der Waals surface area contributed by atoms with Crippen LogP contribution in [-0.4, -0.2) is 5.11 Å². The Morgan fingerprint density at radius 2 is 2.25 bits per heavy atom.